The van der Waals surface area contributed by atoms with Crippen LogP contribution in [0.4, 0.5) is 19.1 Å². The summed E-state index contributed by atoms with van der Waals surface area (Å²) in [6, 6.07) is 0.918. The monoisotopic (exact) mass is 252 g/mol. The number of nitrogens with zero attached hydrogens (tertiary/aromatic N) is 2. The number of aromatic nitrogens is 2. The summed E-state index contributed by atoms with van der Waals surface area (Å²) in [4.78, 5) is 7.06. The first kappa shape index (κ1) is 13.0. The standard InChI is InChI=1S/C8H11F3N4S/c1-2-3-16-6-4-5(8(9,10)11)13-7(14-6)15-12/h4H,2-3,12H2,1H3,(H,13,14,15). The molecule has 3 N–H and O–H groups in total. The quantitative estimate of drug-likeness (QED) is 0.372. The van der Waals surface area contributed by atoms with E-state index in [0.29, 0.717) is 5.75 Å². The minimum absolute atomic E-state index is 0.228. The topological polar surface area (TPSA) is 63.8 Å². The second kappa shape index (κ2) is 5.35. The van der Waals surface area contributed by atoms with E-state index in [1.165, 1.54) is 11.8 Å². The Bertz CT molecular complexity index is 356. The number of nitrogens with one attached hydrogen (secondary N) is 1. The molecule has 1 aromatic rings. The maximum atomic E-state index is 12.4. The highest BCUT2D eigenvalue weighted by molar-refractivity contribution is 7.99. The molecular formula is C8H11F3N4S. The Labute approximate surface area is 94.8 Å². The zero-order valence-corrected chi connectivity index (χ0v) is 9.32. The molecule has 8 heteroatoms. The Balaban J connectivity index is 3.01. The van der Waals surface area contributed by atoms with Gasteiger partial charge in [0, 0.05) is 6.07 Å². The third kappa shape index (κ3) is 3.53. The minimum atomic E-state index is -4.49. The molecule has 0 aliphatic rings. The van der Waals surface area contributed by atoms with Gasteiger partial charge in [-0.1, -0.05) is 6.92 Å². The molecule has 0 unspecified atom stereocenters. The van der Waals surface area contributed by atoms with Crippen LogP contribution in [0.2, 0.25) is 0 Å². The zero-order chi connectivity index (χ0) is 12.2. The van der Waals surface area contributed by atoms with Crippen LogP contribution in [0.3, 0.4) is 0 Å². The van der Waals surface area contributed by atoms with Gasteiger partial charge >= 0.3 is 6.18 Å². The lowest BCUT2D eigenvalue weighted by molar-refractivity contribution is -0.141. The summed E-state index contributed by atoms with van der Waals surface area (Å²) in [6.07, 6.45) is -3.64. The normalized spacial score (nSPS) is 11.6. The molecule has 0 amide bonds. The number of rotatable bonds is 4. The SMILES string of the molecule is CCCSc1cc(C(F)(F)F)nc(NN)n1. The molecule has 0 radical (unpaired) electrons. The van der Waals surface area contributed by atoms with Crippen LogP contribution in [0.15, 0.2) is 11.1 Å². The summed E-state index contributed by atoms with van der Waals surface area (Å²) < 4.78 is 37.3. The number of hydrogen-bond donors (Lipinski definition) is 2. The van der Waals surface area contributed by atoms with Crippen LogP contribution < -0.4 is 11.3 Å². The van der Waals surface area contributed by atoms with Crippen LogP contribution in [0.25, 0.3) is 0 Å². The smallest absolute Gasteiger partial charge is 0.292 e. The Hall–Kier alpha value is -1.02. The molecule has 0 aliphatic heterocycles. The van der Waals surface area contributed by atoms with E-state index in [9.17, 15) is 13.2 Å². The summed E-state index contributed by atoms with van der Waals surface area (Å²) >= 11 is 1.23. The number of halogens is 3. The van der Waals surface area contributed by atoms with Crippen molar-refractivity contribution in [3.05, 3.63) is 11.8 Å². The lowest BCUT2D eigenvalue weighted by atomic mass is 10.4. The van der Waals surface area contributed by atoms with Crippen molar-refractivity contribution in [2.45, 2.75) is 24.5 Å². The Morgan fingerprint density at radius 3 is 2.62 bits per heavy atom. The fourth-order valence-corrected chi connectivity index (χ4v) is 1.67. The molecule has 0 saturated heterocycles. The highest BCUT2D eigenvalue weighted by Crippen LogP contribution is 2.30. The molecule has 16 heavy (non-hydrogen) atoms. The summed E-state index contributed by atoms with van der Waals surface area (Å²) in [5, 5.41) is 0.261. The average molecular weight is 252 g/mol. The third-order valence-electron chi connectivity index (χ3n) is 1.58. The molecule has 0 fully saturated rings. The molecule has 0 spiro atoms. The predicted molar refractivity (Wildman–Crippen MR) is 55.9 cm³/mol. The summed E-state index contributed by atoms with van der Waals surface area (Å²) in [5.41, 5.74) is 1.03. The molecule has 1 rings (SSSR count). The maximum Gasteiger partial charge on any atom is 0.433 e. The van der Waals surface area contributed by atoms with Crippen LogP contribution >= 0.6 is 11.8 Å². The van der Waals surface area contributed by atoms with Crippen molar-refractivity contribution in [3.8, 4) is 0 Å². The number of nitrogen functional groups attached to an aromatic ring is 1. The lowest BCUT2D eigenvalue weighted by Crippen LogP contribution is -2.15. The highest BCUT2D eigenvalue weighted by atomic mass is 32.2. The van der Waals surface area contributed by atoms with Crippen molar-refractivity contribution in [2.24, 2.45) is 5.84 Å². The fourth-order valence-electron chi connectivity index (χ4n) is 0.915. The largest absolute Gasteiger partial charge is 0.433 e. The number of alkyl halides is 3. The molecule has 0 bridgehead atoms. The number of thioether (sulfide) groups is 1. The van der Waals surface area contributed by atoms with Crippen molar-refractivity contribution in [3.63, 3.8) is 0 Å². The third-order valence-corrected chi connectivity index (χ3v) is 2.69. The van der Waals surface area contributed by atoms with Crippen LogP contribution in [-0.2, 0) is 6.18 Å². The van der Waals surface area contributed by atoms with Crippen LogP contribution in [0.5, 0.6) is 0 Å². The van der Waals surface area contributed by atoms with Crippen molar-refractivity contribution in [1.82, 2.24) is 9.97 Å². The highest BCUT2D eigenvalue weighted by Gasteiger charge is 2.33. The number of nitrogens with two attached hydrogens (primary N) is 1. The molecule has 0 atom stereocenters. The van der Waals surface area contributed by atoms with Gasteiger partial charge in [-0.3, -0.25) is 5.43 Å². The molecule has 0 aromatic carbocycles. The Kier molecular flexibility index (Phi) is 4.36. The van der Waals surface area contributed by atoms with Crippen molar-refractivity contribution < 1.29 is 13.2 Å². The van der Waals surface area contributed by atoms with E-state index < -0.39 is 11.9 Å². The van der Waals surface area contributed by atoms with Gasteiger partial charge < -0.3 is 0 Å². The lowest BCUT2D eigenvalue weighted by Gasteiger charge is -2.09. The minimum Gasteiger partial charge on any atom is -0.292 e. The van der Waals surface area contributed by atoms with Gasteiger partial charge in [0.05, 0.1) is 0 Å². The zero-order valence-electron chi connectivity index (χ0n) is 8.51. The summed E-state index contributed by atoms with van der Waals surface area (Å²) in [7, 11) is 0. The first-order valence-electron chi connectivity index (χ1n) is 4.53. The first-order chi connectivity index (χ1) is 7.47. The van der Waals surface area contributed by atoms with Crippen LogP contribution in [0, 0.1) is 0 Å². The Morgan fingerprint density at radius 1 is 1.44 bits per heavy atom. The number of anilines is 1. The average Bonchev–Trinajstić information content (AvgIpc) is 2.24. The van der Waals surface area contributed by atoms with Gasteiger partial charge in [0.1, 0.15) is 5.03 Å². The van der Waals surface area contributed by atoms with Gasteiger partial charge in [-0.15, -0.1) is 11.8 Å². The van der Waals surface area contributed by atoms with Crippen molar-refractivity contribution in [1.29, 1.82) is 0 Å². The maximum absolute atomic E-state index is 12.4. The Morgan fingerprint density at radius 2 is 2.12 bits per heavy atom. The molecule has 90 valence electrons. The van der Waals surface area contributed by atoms with E-state index in [1.54, 1.807) is 0 Å². The van der Waals surface area contributed by atoms with Gasteiger partial charge in [-0.2, -0.15) is 13.2 Å². The van der Waals surface area contributed by atoms with Gasteiger partial charge in [-0.05, 0) is 12.2 Å². The summed E-state index contributed by atoms with van der Waals surface area (Å²) in [5.74, 6) is 5.47. The number of hydrazine groups is 1. The van der Waals surface area contributed by atoms with Gasteiger partial charge in [0.25, 0.3) is 0 Å². The second-order valence-corrected chi connectivity index (χ2v) is 4.02. The molecule has 4 nitrogen and oxygen atoms in total. The fraction of sp³-hybridized carbons (Fsp3) is 0.500. The molecule has 1 heterocycles. The molecule has 1 aromatic heterocycles. The van der Waals surface area contributed by atoms with Crippen LogP contribution in [0.1, 0.15) is 19.0 Å². The van der Waals surface area contributed by atoms with Gasteiger partial charge in [0.2, 0.25) is 5.95 Å². The number of hydrogen-bond acceptors (Lipinski definition) is 5. The van der Waals surface area contributed by atoms with E-state index >= 15 is 0 Å². The molecule has 0 aliphatic carbocycles. The summed E-state index contributed by atoms with van der Waals surface area (Å²) in [6.45, 7) is 1.93. The van der Waals surface area contributed by atoms with E-state index in [2.05, 4.69) is 9.97 Å². The second-order valence-electron chi connectivity index (χ2n) is 2.91. The van der Waals surface area contributed by atoms with Gasteiger partial charge in [-0.25, -0.2) is 15.8 Å². The molecular weight excluding hydrogens is 241 g/mol. The van der Waals surface area contributed by atoms with E-state index in [4.69, 9.17) is 5.84 Å². The predicted octanol–water partition coefficient (Wildman–Crippen LogP) is 2.28. The van der Waals surface area contributed by atoms with Crippen molar-refractivity contribution in [2.75, 3.05) is 11.2 Å². The van der Waals surface area contributed by atoms with Crippen LogP contribution in [-0.4, -0.2) is 15.7 Å². The molecule has 0 saturated carbocycles. The van der Waals surface area contributed by atoms with Crippen molar-refractivity contribution >= 4 is 17.7 Å². The van der Waals surface area contributed by atoms with E-state index in [0.717, 1.165) is 12.5 Å². The van der Waals surface area contributed by atoms with Gasteiger partial charge in [0.15, 0.2) is 5.69 Å². The van der Waals surface area contributed by atoms with E-state index in [1.807, 2.05) is 12.3 Å². The first-order valence-corrected chi connectivity index (χ1v) is 5.51. The van der Waals surface area contributed by atoms with E-state index in [-0.39, 0.29) is 11.0 Å².